The summed E-state index contributed by atoms with van der Waals surface area (Å²) >= 11 is 0. The normalized spacial score (nSPS) is 11.9. The molecular formula is C15H23O. The van der Waals surface area contributed by atoms with E-state index in [-0.39, 0.29) is 0 Å². The van der Waals surface area contributed by atoms with Crippen molar-refractivity contribution in [1.82, 2.24) is 0 Å². The Bertz CT molecular complexity index is 333. The fraction of sp³-hybridized carbons (Fsp3) is 0.600. The Morgan fingerprint density at radius 1 is 0.938 bits per heavy atom. The van der Waals surface area contributed by atoms with Gasteiger partial charge in [0, 0.05) is 0 Å². The second kappa shape index (κ2) is 5.01. The molecular weight excluding hydrogens is 196 g/mol. The van der Waals surface area contributed by atoms with Gasteiger partial charge in [0.2, 0.25) is 0 Å². The van der Waals surface area contributed by atoms with Gasteiger partial charge in [-0.2, -0.15) is 0 Å². The van der Waals surface area contributed by atoms with Crippen molar-refractivity contribution in [1.29, 1.82) is 0 Å². The Hall–Kier alpha value is -0.820. The van der Waals surface area contributed by atoms with Gasteiger partial charge in [-0.15, -0.1) is 0 Å². The summed E-state index contributed by atoms with van der Waals surface area (Å²) in [5.74, 6) is 0. The van der Waals surface area contributed by atoms with E-state index >= 15 is 0 Å². The van der Waals surface area contributed by atoms with E-state index in [9.17, 15) is 5.11 Å². The van der Waals surface area contributed by atoms with Gasteiger partial charge in [-0.3, -0.25) is 0 Å². The summed E-state index contributed by atoms with van der Waals surface area (Å²) < 4.78 is 0. The minimum absolute atomic E-state index is 0.946. The minimum atomic E-state index is -0.983. The van der Waals surface area contributed by atoms with Gasteiger partial charge in [0.1, 0.15) is 5.60 Å². The van der Waals surface area contributed by atoms with Crippen molar-refractivity contribution in [3.05, 3.63) is 34.4 Å². The molecule has 0 saturated carbocycles. The van der Waals surface area contributed by atoms with Crippen molar-refractivity contribution < 1.29 is 5.11 Å². The SMILES string of the molecule is CCc1cc(CC)c(C(C)(C)[O])c(CC)c1. The van der Waals surface area contributed by atoms with Crippen LogP contribution in [0.25, 0.3) is 0 Å². The van der Waals surface area contributed by atoms with Gasteiger partial charge in [-0.1, -0.05) is 32.9 Å². The lowest BCUT2D eigenvalue weighted by Gasteiger charge is -2.23. The first-order valence-corrected chi connectivity index (χ1v) is 6.29. The van der Waals surface area contributed by atoms with Crippen LogP contribution in [0, 0.1) is 0 Å². The van der Waals surface area contributed by atoms with Crippen LogP contribution >= 0.6 is 0 Å². The number of benzene rings is 1. The summed E-state index contributed by atoms with van der Waals surface area (Å²) in [6.07, 6.45) is 2.93. The first-order chi connectivity index (χ1) is 7.43. The van der Waals surface area contributed by atoms with E-state index in [4.69, 9.17) is 0 Å². The molecule has 1 aromatic carbocycles. The van der Waals surface area contributed by atoms with Gasteiger partial charge in [-0.25, -0.2) is 5.11 Å². The first kappa shape index (κ1) is 13.2. The number of rotatable bonds is 4. The zero-order valence-electron chi connectivity index (χ0n) is 11.2. The fourth-order valence-corrected chi connectivity index (χ4v) is 2.37. The van der Waals surface area contributed by atoms with E-state index in [0.29, 0.717) is 0 Å². The van der Waals surface area contributed by atoms with Crippen LogP contribution in [0.5, 0.6) is 0 Å². The monoisotopic (exact) mass is 219 g/mol. The highest BCUT2D eigenvalue weighted by molar-refractivity contribution is 5.42. The molecule has 1 aromatic rings. The van der Waals surface area contributed by atoms with Crippen LogP contribution in [0.2, 0.25) is 0 Å². The van der Waals surface area contributed by atoms with Crippen LogP contribution in [0.1, 0.15) is 56.9 Å². The molecule has 0 bridgehead atoms. The molecule has 0 atom stereocenters. The molecule has 0 heterocycles. The molecule has 0 saturated heterocycles. The number of aryl methyl sites for hydroxylation is 3. The van der Waals surface area contributed by atoms with Crippen LogP contribution in [-0.4, -0.2) is 0 Å². The van der Waals surface area contributed by atoms with E-state index in [1.54, 1.807) is 13.8 Å². The zero-order valence-corrected chi connectivity index (χ0v) is 11.2. The van der Waals surface area contributed by atoms with Crippen molar-refractivity contribution in [2.45, 2.75) is 59.5 Å². The van der Waals surface area contributed by atoms with Gasteiger partial charge in [0.25, 0.3) is 0 Å². The third-order valence-electron chi connectivity index (χ3n) is 3.13. The fourth-order valence-electron chi connectivity index (χ4n) is 2.37. The maximum atomic E-state index is 12.3. The minimum Gasteiger partial charge on any atom is -0.225 e. The second-order valence-electron chi connectivity index (χ2n) is 4.86. The largest absolute Gasteiger partial charge is 0.225 e. The van der Waals surface area contributed by atoms with Crippen molar-refractivity contribution in [2.75, 3.05) is 0 Å². The summed E-state index contributed by atoms with van der Waals surface area (Å²) in [6, 6.07) is 4.41. The molecule has 0 amide bonds. The first-order valence-electron chi connectivity index (χ1n) is 6.29. The number of hydrogen-bond acceptors (Lipinski definition) is 0. The molecule has 1 heteroatoms. The highest BCUT2D eigenvalue weighted by Gasteiger charge is 2.24. The summed E-state index contributed by atoms with van der Waals surface area (Å²) in [5, 5.41) is 12.3. The standard InChI is InChI=1S/C15H23O/c1-6-11-9-12(7-2)14(15(4,5)16)13(8-3)10-11/h9-10H,6-8H2,1-5H3. The molecule has 0 spiro atoms. The average Bonchev–Trinajstić information content (AvgIpc) is 2.25. The lowest BCUT2D eigenvalue weighted by Crippen LogP contribution is -2.19. The van der Waals surface area contributed by atoms with E-state index in [1.807, 2.05) is 0 Å². The third-order valence-corrected chi connectivity index (χ3v) is 3.13. The molecule has 1 radical (unpaired) electrons. The van der Waals surface area contributed by atoms with Crippen molar-refractivity contribution >= 4 is 0 Å². The zero-order chi connectivity index (χ0) is 12.3. The smallest absolute Gasteiger partial charge is 0.123 e. The van der Waals surface area contributed by atoms with Crippen molar-refractivity contribution in [3.63, 3.8) is 0 Å². The Morgan fingerprint density at radius 2 is 1.38 bits per heavy atom. The van der Waals surface area contributed by atoms with Gasteiger partial charge in [0.05, 0.1) is 0 Å². The molecule has 89 valence electrons. The predicted octanol–water partition coefficient (Wildman–Crippen LogP) is 4.04. The van der Waals surface area contributed by atoms with Gasteiger partial charge < -0.3 is 0 Å². The lowest BCUT2D eigenvalue weighted by molar-refractivity contribution is -0.00153. The van der Waals surface area contributed by atoms with Crippen LogP contribution in [0.15, 0.2) is 12.1 Å². The van der Waals surface area contributed by atoms with E-state index in [0.717, 1.165) is 24.8 Å². The lowest BCUT2D eigenvalue weighted by atomic mass is 9.85. The van der Waals surface area contributed by atoms with Crippen LogP contribution in [0.3, 0.4) is 0 Å². The molecule has 0 unspecified atom stereocenters. The molecule has 0 aliphatic heterocycles. The van der Waals surface area contributed by atoms with E-state index in [2.05, 4.69) is 32.9 Å². The summed E-state index contributed by atoms with van der Waals surface area (Å²) in [6.45, 7) is 9.96. The van der Waals surface area contributed by atoms with Crippen LogP contribution in [-0.2, 0) is 30.0 Å². The molecule has 0 N–H and O–H groups in total. The molecule has 1 nitrogen and oxygen atoms in total. The maximum absolute atomic E-state index is 12.3. The topological polar surface area (TPSA) is 19.9 Å². The predicted molar refractivity (Wildman–Crippen MR) is 68.3 cm³/mol. The van der Waals surface area contributed by atoms with Crippen LogP contribution in [0.4, 0.5) is 0 Å². The maximum Gasteiger partial charge on any atom is 0.123 e. The third kappa shape index (κ3) is 2.65. The Balaban J connectivity index is 3.44. The second-order valence-corrected chi connectivity index (χ2v) is 4.86. The average molecular weight is 219 g/mol. The number of hydrogen-bond donors (Lipinski definition) is 0. The highest BCUT2D eigenvalue weighted by atomic mass is 16.3. The molecule has 0 aliphatic rings. The Morgan fingerprint density at radius 3 is 1.62 bits per heavy atom. The Kier molecular flexibility index (Phi) is 4.15. The quantitative estimate of drug-likeness (QED) is 0.728. The van der Waals surface area contributed by atoms with Gasteiger partial charge in [-0.05, 0) is 55.4 Å². The molecule has 0 aromatic heterocycles. The van der Waals surface area contributed by atoms with Crippen molar-refractivity contribution in [2.24, 2.45) is 0 Å². The molecule has 16 heavy (non-hydrogen) atoms. The molecule has 1 rings (SSSR count). The summed E-state index contributed by atoms with van der Waals surface area (Å²) in [4.78, 5) is 0. The van der Waals surface area contributed by atoms with Gasteiger partial charge in [0.15, 0.2) is 0 Å². The molecule has 0 aliphatic carbocycles. The van der Waals surface area contributed by atoms with Crippen LogP contribution < -0.4 is 0 Å². The highest BCUT2D eigenvalue weighted by Crippen LogP contribution is 2.30. The van der Waals surface area contributed by atoms with E-state index in [1.165, 1.54) is 16.7 Å². The molecule has 0 fully saturated rings. The Labute approximate surface area is 99.5 Å². The van der Waals surface area contributed by atoms with E-state index < -0.39 is 5.60 Å². The van der Waals surface area contributed by atoms with Crippen molar-refractivity contribution in [3.8, 4) is 0 Å². The summed E-state index contributed by atoms with van der Waals surface area (Å²) in [5.41, 5.74) is 3.85. The van der Waals surface area contributed by atoms with Gasteiger partial charge >= 0.3 is 0 Å². The summed E-state index contributed by atoms with van der Waals surface area (Å²) in [7, 11) is 0.